The van der Waals surface area contributed by atoms with Crippen LogP contribution in [0.25, 0.3) is 0 Å². The highest BCUT2D eigenvalue weighted by molar-refractivity contribution is 5.94. The molecule has 0 amide bonds. The predicted molar refractivity (Wildman–Crippen MR) is 80.8 cm³/mol. The third kappa shape index (κ3) is 4.34. The minimum Gasteiger partial charge on any atom is -0.353 e. The Morgan fingerprint density at radius 2 is 1.95 bits per heavy atom. The van der Waals surface area contributed by atoms with Crippen molar-refractivity contribution in [2.45, 2.75) is 53.5 Å². The maximum Gasteiger partial charge on any atom is 0.159 e. The van der Waals surface area contributed by atoms with Crippen LogP contribution in [-0.2, 0) is 0 Å². The van der Waals surface area contributed by atoms with Crippen LogP contribution in [0.2, 0.25) is 0 Å². The van der Waals surface area contributed by atoms with Crippen LogP contribution >= 0.6 is 0 Å². The highest BCUT2D eigenvalue weighted by Crippen LogP contribution is 2.21. The summed E-state index contributed by atoms with van der Waals surface area (Å²) >= 11 is 0. The van der Waals surface area contributed by atoms with E-state index in [2.05, 4.69) is 37.6 Å². The molecule has 0 aromatic carbocycles. The van der Waals surface area contributed by atoms with Gasteiger partial charge >= 0.3 is 0 Å². The van der Waals surface area contributed by atoms with E-state index in [0.717, 1.165) is 30.8 Å². The quantitative estimate of drug-likeness (QED) is 0.698. The fourth-order valence-corrected chi connectivity index (χ4v) is 2.35. The number of carbonyl (C=O) groups is 1. The smallest absolute Gasteiger partial charge is 0.159 e. The Labute approximate surface area is 117 Å². The van der Waals surface area contributed by atoms with Crippen LogP contribution in [0.4, 0.5) is 5.82 Å². The van der Waals surface area contributed by atoms with Gasteiger partial charge in [0, 0.05) is 24.3 Å². The van der Waals surface area contributed by atoms with Crippen LogP contribution in [0.1, 0.15) is 57.8 Å². The summed E-state index contributed by atoms with van der Waals surface area (Å²) in [7, 11) is 0. The van der Waals surface area contributed by atoms with Crippen LogP contribution in [0.3, 0.4) is 0 Å². The van der Waals surface area contributed by atoms with Crippen LogP contribution in [0.15, 0.2) is 18.3 Å². The van der Waals surface area contributed by atoms with Gasteiger partial charge in [0.1, 0.15) is 5.82 Å². The van der Waals surface area contributed by atoms with Gasteiger partial charge in [0.2, 0.25) is 0 Å². The molecule has 1 rings (SSSR count). The summed E-state index contributed by atoms with van der Waals surface area (Å²) in [6.07, 6.45) is 3.92. The summed E-state index contributed by atoms with van der Waals surface area (Å²) in [6, 6.07) is 4.19. The van der Waals surface area contributed by atoms with E-state index in [9.17, 15) is 4.79 Å². The van der Waals surface area contributed by atoms with Crippen molar-refractivity contribution in [1.29, 1.82) is 0 Å². The lowest BCUT2D eigenvalue weighted by molar-refractivity contribution is 0.101. The molecule has 0 atom stereocenters. The van der Waals surface area contributed by atoms with Crippen LogP contribution in [0.5, 0.6) is 0 Å². The molecule has 0 fully saturated rings. The molecule has 0 spiro atoms. The zero-order chi connectivity index (χ0) is 14.4. The van der Waals surface area contributed by atoms with Crippen molar-refractivity contribution in [2.24, 2.45) is 5.92 Å². The third-order valence-corrected chi connectivity index (χ3v) is 3.39. The minimum atomic E-state index is 0.0951. The molecular formula is C16H26N2O. The molecule has 0 aliphatic rings. The number of pyridine rings is 1. The average molecular weight is 262 g/mol. The lowest BCUT2D eigenvalue weighted by Crippen LogP contribution is -2.38. The Balaban J connectivity index is 3.08. The zero-order valence-electron chi connectivity index (χ0n) is 12.8. The summed E-state index contributed by atoms with van der Waals surface area (Å²) in [4.78, 5) is 18.3. The van der Waals surface area contributed by atoms with Crippen molar-refractivity contribution < 1.29 is 4.79 Å². The number of anilines is 1. The standard InChI is InChI=1S/C16H26N2O/c1-6-15(7-2)18(11-12(3)4)16-10-14(13(5)19)8-9-17-16/h8-10,12,15H,6-7,11H2,1-5H3. The fraction of sp³-hybridized carbons (Fsp3) is 0.625. The van der Waals surface area contributed by atoms with E-state index >= 15 is 0 Å². The maximum atomic E-state index is 11.5. The second-order valence-electron chi connectivity index (χ2n) is 5.48. The molecule has 0 aliphatic carbocycles. The highest BCUT2D eigenvalue weighted by Gasteiger charge is 2.18. The number of hydrogen-bond acceptors (Lipinski definition) is 3. The number of carbonyl (C=O) groups excluding carboxylic acids is 1. The van der Waals surface area contributed by atoms with Gasteiger partial charge in [-0.05, 0) is 37.8 Å². The summed E-state index contributed by atoms with van der Waals surface area (Å²) in [6.45, 7) is 11.4. The topological polar surface area (TPSA) is 33.2 Å². The number of ketones is 1. The van der Waals surface area contributed by atoms with E-state index in [1.165, 1.54) is 0 Å². The molecule has 0 N–H and O–H groups in total. The Kier molecular flexibility index (Phi) is 6.00. The van der Waals surface area contributed by atoms with Gasteiger partial charge in [0.15, 0.2) is 5.78 Å². The lowest BCUT2D eigenvalue weighted by Gasteiger charge is -2.33. The molecule has 3 nitrogen and oxygen atoms in total. The number of Topliss-reactive ketones (excluding diaryl/α,β-unsaturated/α-hetero) is 1. The van der Waals surface area contributed by atoms with Crippen molar-refractivity contribution >= 4 is 11.6 Å². The molecular weight excluding hydrogens is 236 g/mol. The Bertz CT molecular complexity index is 411. The molecule has 1 aromatic rings. The normalized spacial score (nSPS) is 11.1. The van der Waals surface area contributed by atoms with Gasteiger partial charge in [-0.1, -0.05) is 27.7 Å². The Hall–Kier alpha value is -1.38. The number of rotatable bonds is 7. The maximum absolute atomic E-state index is 11.5. The molecule has 106 valence electrons. The molecule has 1 heterocycles. The highest BCUT2D eigenvalue weighted by atomic mass is 16.1. The van der Waals surface area contributed by atoms with Crippen molar-refractivity contribution in [3.05, 3.63) is 23.9 Å². The summed E-state index contributed by atoms with van der Waals surface area (Å²) in [5.74, 6) is 1.59. The second kappa shape index (κ2) is 7.27. The minimum absolute atomic E-state index is 0.0951. The van der Waals surface area contributed by atoms with Crippen molar-refractivity contribution in [1.82, 2.24) is 4.98 Å². The summed E-state index contributed by atoms with van der Waals surface area (Å²) in [5, 5.41) is 0. The largest absolute Gasteiger partial charge is 0.353 e. The van der Waals surface area contributed by atoms with E-state index in [4.69, 9.17) is 0 Å². The monoisotopic (exact) mass is 262 g/mol. The first-order valence-corrected chi connectivity index (χ1v) is 7.23. The van der Waals surface area contributed by atoms with Gasteiger partial charge in [-0.2, -0.15) is 0 Å². The molecule has 0 saturated heterocycles. The third-order valence-electron chi connectivity index (χ3n) is 3.39. The molecule has 3 heteroatoms. The van der Waals surface area contributed by atoms with E-state index in [0.29, 0.717) is 12.0 Å². The first-order chi connectivity index (χ1) is 8.99. The van der Waals surface area contributed by atoms with E-state index in [1.54, 1.807) is 19.2 Å². The molecule has 0 radical (unpaired) electrons. The van der Waals surface area contributed by atoms with Gasteiger partial charge in [-0.3, -0.25) is 4.79 Å². The summed E-state index contributed by atoms with van der Waals surface area (Å²) < 4.78 is 0. The predicted octanol–water partition coefficient (Wildman–Crippen LogP) is 3.94. The number of hydrogen-bond donors (Lipinski definition) is 0. The van der Waals surface area contributed by atoms with Gasteiger partial charge in [-0.15, -0.1) is 0 Å². The molecule has 1 aromatic heterocycles. The van der Waals surface area contributed by atoms with Crippen molar-refractivity contribution in [2.75, 3.05) is 11.4 Å². The van der Waals surface area contributed by atoms with Gasteiger partial charge in [0.25, 0.3) is 0 Å². The van der Waals surface area contributed by atoms with Crippen LogP contribution in [-0.4, -0.2) is 23.4 Å². The van der Waals surface area contributed by atoms with Crippen LogP contribution < -0.4 is 4.90 Å². The summed E-state index contributed by atoms with van der Waals surface area (Å²) in [5.41, 5.74) is 0.740. The van der Waals surface area contributed by atoms with Crippen molar-refractivity contribution in [3.8, 4) is 0 Å². The molecule has 0 aliphatic heterocycles. The van der Waals surface area contributed by atoms with E-state index in [-0.39, 0.29) is 5.78 Å². The average Bonchev–Trinajstić information content (AvgIpc) is 2.38. The SMILES string of the molecule is CCC(CC)N(CC(C)C)c1cc(C(C)=O)ccn1. The first-order valence-electron chi connectivity index (χ1n) is 7.23. The number of nitrogens with zero attached hydrogens (tertiary/aromatic N) is 2. The fourth-order valence-electron chi connectivity index (χ4n) is 2.35. The molecule has 0 bridgehead atoms. The van der Waals surface area contributed by atoms with E-state index < -0.39 is 0 Å². The van der Waals surface area contributed by atoms with Gasteiger partial charge in [-0.25, -0.2) is 4.98 Å². The molecule has 19 heavy (non-hydrogen) atoms. The molecule has 0 saturated carbocycles. The van der Waals surface area contributed by atoms with Crippen LogP contribution in [0, 0.1) is 5.92 Å². The van der Waals surface area contributed by atoms with Gasteiger partial charge in [0.05, 0.1) is 0 Å². The second-order valence-corrected chi connectivity index (χ2v) is 5.48. The Morgan fingerprint density at radius 3 is 2.42 bits per heavy atom. The zero-order valence-corrected chi connectivity index (χ0v) is 12.8. The van der Waals surface area contributed by atoms with Crippen molar-refractivity contribution in [3.63, 3.8) is 0 Å². The molecule has 0 unspecified atom stereocenters. The van der Waals surface area contributed by atoms with Gasteiger partial charge < -0.3 is 4.90 Å². The Morgan fingerprint density at radius 1 is 1.32 bits per heavy atom. The lowest BCUT2D eigenvalue weighted by atomic mass is 10.1. The van der Waals surface area contributed by atoms with E-state index in [1.807, 2.05) is 6.07 Å². The first kappa shape index (κ1) is 15.7. The number of aromatic nitrogens is 1.